The lowest BCUT2D eigenvalue weighted by molar-refractivity contribution is -0.122. The number of benzene rings is 1. The van der Waals surface area contributed by atoms with Gasteiger partial charge in [-0.2, -0.15) is 0 Å². The smallest absolute Gasteiger partial charge is 0.234 e. The highest BCUT2D eigenvalue weighted by Crippen LogP contribution is 2.25. The van der Waals surface area contributed by atoms with E-state index < -0.39 is 0 Å². The third-order valence-corrected chi connectivity index (χ3v) is 5.03. The number of aliphatic hydroxyl groups is 1. The summed E-state index contributed by atoms with van der Waals surface area (Å²) in [5.41, 5.74) is 0.997. The van der Waals surface area contributed by atoms with Gasteiger partial charge in [0.1, 0.15) is 18.2 Å². The molecule has 2 aromatic rings. The van der Waals surface area contributed by atoms with E-state index in [0.717, 1.165) is 37.3 Å². The fourth-order valence-corrected chi connectivity index (χ4v) is 3.53. The number of hydrogen-bond acceptors (Lipinski definition) is 5. The van der Waals surface area contributed by atoms with E-state index in [4.69, 9.17) is 0 Å². The molecule has 1 unspecified atom stereocenters. The van der Waals surface area contributed by atoms with Gasteiger partial charge >= 0.3 is 0 Å². The molecule has 0 aliphatic carbocycles. The van der Waals surface area contributed by atoms with E-state index in [2.05, 4.69) is 20.4 Å². The molecule has 1 amide bonds. The molecule has 0 bridgehead atoms. The van der Waals surface area contributed by atoms with Gasteiger partial charge in [-0.05, 0) is 43.5 Å². The lowest BCUT2D eigenvalue weighted by Gasteiger charge is -2.31. The van der Waals surface area contributed by atoms with Crippen LogP contribution in [0.4, 0.5) is 4.39 Å². The first-order valence-corrected chi connectivity index (χ1v) is 9.29. The Bertz CT molecular complexity index is 762. The van der Waals surface area contributed by atoms with Crippen LogP contribution in [0.1, 0.15) is 36.0 Å². The van der Waals surface area contributed by atoms with Crippen molar-refractivity contribution in [2.45, 2.75) is 31.8 Å². The Balaban J connectivity index is 1.46. The number of hydrogen-bond donors (Lipinski definition) is 2. The maximum absolute atomic E-state index is 12.9. The molecule has 8 heteroatoms. The van der Waals surface area contributed by atoms with Crippen LogP contribution < -0.4 is 5.32 Å². The molecule has 27 heavy (non-hydrogen) atoms. The lowest BCUT2D eigenvalue weighted by atomic mass is 9.97. The second kappa shape index (κ2) is 9.05. The van der Waals surface area contributed by atoms with Gasteiger partial charge in [0, 0.05) is 26.1 Å². The summed E-state index contributed by atoms with van der Waals surface area (Å²) in [4.78, 5) is 14.4. The van der Waals surface area contributed by atoms with Crippen molar-refractivity contribution in [2.75, 3.05) is 26.2 Å². The standard InChI is InChI=1S/C19H26FN5O2/c1-24-17(13-26)22-23-19(24)15-3-2-10-25(11-15)12-18(27)21-9-8-14-4-6-16(20)7-5-14/h4-7,15,26H,2-3,8-13H2,1H3,(H,21,27). The molecule has 1 atom stereocenters. The monoisotopic (exact) mass is 375 g/mol. The molecule has 1 aliphatic heterocycles. The Labute approximate surface area is 158 Å². The number of amides is 1. The van der Waals surface area contributed by atoms with Gasteiger partial charge in [0.25, 0.3) is 0 Å². The van der Waals surface area contributed by atoms with E-state index >= 15 is 0 Å². The minimum absolute atomic E-state index is 0.00762. The van der Waals surface area contributed by atoms with E-state index in [1.54, 1.807) is 12.1 Å². The number of piperidine rings is 1. The summed E-state index contributed by atoms with van der Waals surface area (Å²) in [7, 11) is 1.86. The molecule has 2 N–H and O–H groups in total. The molecule has 7 nitrogen and oxygen atoms in total. The first kappa shape index (κ1) is 19.4. The number of halogens is 1. The van der Waals surface area contributed by atoms with Crippen LogP contribution >= 0.6 is 0 Å². The quantitative estimate of drug-likeness (QED) is 0.754. The largest absolute Gasteiger partial charge is 0.388 e. The molecule has 1 fully saturated rings. The van der Waals surface area contributed by atoms with Crippen molar-refractivity contribution in [3.8, 4) is 0 Å². The molecular formula is C19H26FN5O2. The van der Waals surface area contributed by atoms with Crippen LogP contribution in [0.15, 0.2) is 24.3 Å². The van der Waals surface area contributed by atoms with Gasteiger partial charge in [0.15, 0.2) is 5.82 Å². The molecule has 1 aromatic heterocycles. The van der Waals surface area contributed by atoms with Crippen molar-refractivity contribution < 1.29 is 14.3 Å². The number of aromatic nitrogens is 3. The number of rotatable bonds is 7. The van der Waals surface area contributed by atoms with Crippen LogP contribution in [0.3, 0.4) is 0 Å². The van der Waals surface area contributed by atoms with Crippen LogP contribution in [0.5, 0.6) is 0 Å². The van der Waals surface area contributed by atoms with Crippen LogP contribution in [0, 0.1) is 5.82 Å². The molecule has 1 aliphatic rings. The third-order valence-electron chi connectivity index (χ3n) is 5.03. The summed E-state index contributed by atoms with van der Waals surface area (Å²) in [5.74, 6) is 1.37. The minimum atomic E-state index is -0.253. The topological polar surface area (TPSA) is 83.3 Å². The summed E-state index contributed by atoms with van der Waals surface area (Å²) >= 11 is 0. The average molecular weight is 375 g/mol. The van der Waals surface area contributed by atoms with Gasteiger partial charge in [0.05, 0.1) is 6.54 Å². The molecule has 1 saturated heterocycles. The second-order valence-electron chi connectivity index (χ2n) is 6.99. The lowest BCUT2D eigenvalue weighted by Crippen LogP contribution is -2.42. The van der Waals surface area contributed by atoms with E-state index in [9.17, 15) is 14.3 Å². The molecule has 146 valence electrons. The zero-order chi connectivity index (χ0) is 19.2. The first-order chi connectivity index (χ1) is 13.1. The van der Waals surface area contributed by atoms with E-state index in [-0.39, 0.29) is 24.2 Å². The number of nitrogens with zero attached hydrogens (tertiary/aromatic N) is 4. The van der Waals surface area contributed by atoms with Crippen LogP contribution in [-0.4, -0.2) is 56.9 Å². The average Bonchev–Trinajstić information content (AvgIpc) is 3.04. The van der Waals surface area contributed by atoms with E-state index in [0.29, 0.717) is 25.3 Å². The Kier molecular flexibility index (Phi) is 6.52. The Morgan fingerprint density at radius 3 is 2.81 bits per heavy atom. The highest BCUT2D eigenvalue weighted by atomic mass is 19.1. The van der Waals surface area contributed by atoms with Crippen molar-refractivity contribution >= 4 is 5.91 Å². The zero-order valence-corrected chi connectivity index (χ0v) is 15.6. The van der Waals surface area contributed by atoms with Crippen molar-refractivity contribution in [3.63, 3.8) is 0 Å². The zero-order valence-electron chi connectivity index (χ0n) is 15.6. The summed E-state index contributed by atoms with van der Waals surface area (Å²) in [6.07, 6.45) is 2.67. The van der Waals surface area contributed by atoms with Crippen molar-refractivity contribution in [2.24, 2.45) is 7.05 Å². The Morgan fingerprint density at radius 2 is 2.11 bits per heavy atom. The van der Waals surface area contributed by atoms with Crippen molar-refractivity contribution in [1.82, 2.24) is 25.0 Å². The molecule has 0 saturated carbocycles. The van der Waals surface area contributed by atoms with Gasteiger partial charge in [0.2, 0.25) is 5.91 Å². The minimum Gasteiger partial charge on any atom is -0.388 e. The van der Waals surface area contributed by atoms with Gasteiger partial charge in [-0.15, -0.1) is 10.2 Å². The summed E-state index contributed by atoms with van der Waals surface area (Å²) in [6.45, 7) is 2.39. The maximum Gasteiger partial charge on any atom is 0.234 e. The molecule has 1 aromatic carbocycles. The SMILES string of the molecule is Cn1c(CO)nnc1C1CCCN(CC(=O)NCCc2ccc(F)cc2)C1. The van der Waals surface area contributed by atoms with Crippen molar-refractivity contribution in [1.29, 1.82) is 0 Å². The maximum atomic E-state index is 12.9. The normalized spacial score (nSPS) is 17.8. The van der Waals surface area contributed by atoms with Gasteiger partial charge in [-0.1, -0.05) is 12.1 Å². The molecule has 0 radical (unpaired) electrons. The van der Waals surface area contributed by atoms with Crippen molar-refractivity contribution in [3.05, 3.63) is 47.3 Å². The number of aliphatic hydroxyl groups excluding tert-OH is 1. The van der Waals surface area contributed by atoms with Gasteiger partial charge < -0.3 is 15.0 Å². The fraction of sp³-hybridized carbons (Fsp3) is 0.526. The Morgan fingerprint density at radius 1 is 1.33 bits per heavy atom. The molecular weight excluding hydrogens is 349 g/mol. The van der Waals surface area contributed by atoms with Crippen LogP contribution in [0.2, 0.25) is 0 Å². The van der Waals surface area contributed by atoms with E-state index in [1.807, 2.05) is 11.6 Å². The highest BCUT2D eigenvalue weighted by Gasteiger charge is 2.26. The second-order valence-corrected chi connectivity index (χ2v) is 6.99. The summed E-state index contributed by atoms with van der Waals surface area (Å²) < 4.78 is 14.7. The third kappa shape index (κ3) is 5.11. The molecule has 2 heterocycles. The predicted molar refractivity (Wildman–Crippen MR) is 98.5 cm³/mol. The van der Waals surface area contributed by atoms with Gasteiger partial charge in [-0.25, -0.2) is 4.39 Å². The number of nitrogens with one attached hydrogen (secondary N) is 1. The van der Waals surface area contributed by atoms with Gasteiger partial charge in [-0.3, -0.25) is 9.69 Å². The van der Waals surface area contributed by atoms with Crippen LogP contribution in [-0.2, 0) is 24.9 Å². The molecule has 0 spiro atoms. The van der Waals surface area contributed by atoms with E-state index in [1.165, 1.54) is 12.1 Å². The summed E-state index contributed by atoms with van der Waals surface area (Å²) in [5, 5.41) is 20.4. The Hall–Kier alpha value is -2.32. The predicted octanol–water partition coefficient (Wildman–Crippen LogP) is 0.985. The number of carbonyl (C=O) groups excluding carboxylic acids is 1. The highest BCUT2D eigenvalue weighted by molar-refractivity contribution is 5.78. The first-order valence-electron chi connectivity index (χ1n) is 9.29. The summed E-state index contributed by atoms with van der Waals surface area (Å²) in [6, 6.07) is 6.33. The number of carbonyl (C=O) groups is 1. The number of likely N-dealkylation sites (tertiary alicyclic amines) is 1. The molecule has 3 rings (SSSR count). The fourth-order valence-electron chi connectivity index (χ4n) is 3.53. The van der Waals surface area contributed by atoms with Crippen LogP contribution in [0.25, 0.3) is 0 Å².